The number of thioether (sulfide) groups is 1. The minimum Gasteiger partial charge on any atom is -0.399 e. The number of benzene rings is 1. The van der Waals surface area contributed by atoms with Crippen molar-refractivity contribution in [2.45, 2.75) is 18.9 Å². The van der Waals surface area contributed by atoms with Crippen LogP contribution in [0.15, 0.2) is 41.3 Å². The predicted molar refractivity (Wildman–Crippen MR) is 108 cm³/mol. The van der Waals surface area contributed by atoms with Crippen LogP contribution in [0.1, 0.15) is 18.9 Å². The zero-order chi connectivity index (χ0) is 17.6. The van der Waals surface area contributed by atoms with Crippen molar-refractivity contribution in [3.05, 3.63) is 56.9 Å². The Hall–Kier alpha value is -1.56. The number of rotatable bonds is 2. The van der Waals surface area contributed by atoms with Crippen LogP contribution >= 0.6 is 35.0 Å². The number of nitrogens with zero attached hydrogens (tertiary/aromatic N) is 2. The molecule has 0 saturated carbocycles. The molecular weight excluding hydrogens is 377 g/mol. The van der Waals surface area contributed by atoms with Crippen molar-refractivity contribution in [1.82, 2.24) is 9.13 Å². The molecule has 0 bridgehead atoms. The topological polar surface area (TPSA) is 52.9 Å². The summed E-state index contributed by atoms with van der Waals surface area (Å²) in [6.07, 6.45) is 3.93. The van der Waals surface area contributed by atoms with Crippen LogP contribution in [0.2, 0.25) is 10.0 Å². The van der Waals surface area contributed by atoms with Gasteiger partial charge in [0.25, 0.3) is 5.56 Å². The van der Waals surface area contributed by atoms with E-state index in [4.69, 9.17) is 28.9 Å². The second-order valence-corrected chi connectivity index (χ2v) is 8.21. The first kappa shape index (κ1) is 16.9. The van der Waals surface area contributed by atoms with Crippen LogP contribution in [0.4, 0.5) is 5.69 Å². The maximum atomic E-state index is 12.5. The second-order valence-electron chi connectivity index (χ2n) is 6.17. The summed E-state index contributed by atoms with van der Waals surface area (Å²) in [6.45, 7) is 0. The van der Waals surface area contributed by atoms with Crippen LogP contribution in [-0.4, -0.2) is 20.6 Å². The summed E-state index contributed by atoms with van der Waals surface area (Å²) in [7, 11) is 0. The smallest absolute Gasteiger partial charge is 0.251 e. The van der Waals surface area contributed by atoms with Crippen molar-refractivity contribution in [1.29, 1.82) is 0 Å². The molecule has 0 aliphatic carbocycles. The van der Waals surface area contributed by atoms with Gasteiger partial charge in [0.05, 0.1) is 26.8 Å². The highest BCUT2D eigenvalue weighted by Crippen LogP contribution is 2.35. The lowest BCUT2D eigenvalue weighted by Gasteiger charge is -2.24. The van der Waals surface area contributed by atoms with Crippen LogP contribution in [-0.2, 0) is 0 Å². The molecule has 0 spiro atoms. The zero-order valence-electron chi connectivity index (χ0n) is 13.4. The van der Waals surface area contributed by atoms with Crippen LogP contribution in [0.25, 0.3) is 16.7 Å². The fraction of sp³-hybridized carbons (Fsp3) is 0.278. The maximum absolute atomic E-state index is 12.5. The molecule has 0 atom stereocenters. The number of anilines is 1. The second kappa shape index (κ2) is 6.63. The molecule has 7 heteroatoms. The van der Waals surface area contributed by atoms with Crippen LogP contribution in [0.3, 0.4) is 0 Å². The van der Waals surface area contributed by atoms with Gasteiger partial charge in [0, 0.05) is 24.0 Å². The van der Waals surface area contributed by atoms with Crippen molar-refractivity contribution >= 4 is 51.7 Å². The molecule has 1 fully saturated rings. The Kier molecular flexibility index (Phi) is 4.48. The zero-order valence-corrected chi connectivity index (χ0v) is 15.7. The minimum atomic E-state index is 0.0386. The van der Waals surface area contributed by atoms with Gasteiger partial charge in [-0.1, -0.05) is 23.2 Å². The molecule has 3 heterocycles. The summed E-state index contributed by atoms with van der Waals surface area (Å²) < 4.78 is 3.84. The molecule has 1 aliphatic rings. The Bertz CT molecular complexity index is 982. The van der Waals surface area contributed by atoms with Gasteiger partial charge in [-0.2, -0.15) is 11.8 Å². The minimum absolute atomic E-state index is 0.0386. The first-order chi connectivity index (χ1) is 12.1. The number of pyridine rings is 1. The number of halogens is 2. The Morgan fingerprint density at radius 3 is 2.40 bits per heavy atom. The standard InChI is InChI=1S/C18H17Cl2N3OS/c19-13-9-11(21)10-14(20)18(13)22-6-3-16-15(22)1-2-17(24)23(16)12-4-7-25-8-5-12/h1-3,6,9-10,12H,4-5,7-8,21H2. The largest absolute Gasteiger partial charge is 0.399 e. The average molecular weight is 394 g/mol. The summed E-state index contributed by atoms with van der Waals surface area (Å²) >= 11 is 14.7. The first-order valence-electron chi connectivity index (χ1n) is 8.11. The van der Waals surface area contributed by atoms with E-state index in [9.17, 15) is 4.79 Å². The third kappa shape index (κ3) is 2.94. The fourth-order valence-electron chi connectivity index (χ4n) is 3.48. The fourth-order valence-corrected chi connectivity index (χ4v) is 5.25. The summed E-state index contributed by atoms with van der Waals surface area (Å²) in [5, 5.41) is 0.962. The van der Waals surface area contributed by atoms with Gasteiger partial charge < -0.3 is 14.9 Å². The lowest BCUT2D eigenvalue weighted by molar-refractivity contribution is 0.470. The van der Waals surface area contributed by atoms with Gasteiger partial charge in [0.2, 0.25) is 0 Å². The molecule has 1 aromatic carbocycles. The lowest BCUT2D eigenvalue weighted by atomic mass is 10.1. The quantitative estimate of drug-likeness (QED) is 0.639. The molecule has 3 aromatic rings. The van der Waals surface area contributed by atoms with Crippen LogP contribution in [0, 0.1) is 0 Å². The Labute approximate surface area is 159 Å². The number of hydrogen-bond donors (Lipinski definition) is 1. The van der Waals surface area contributed by atoms with E-state index in [1.54, 1.807) is 18.2 Å². The number of nitrogens with two attached hydrogens (primary N) is 1. The molecule has 1 saturated heterocycles. The van der Waals surface area contributed by atoms with Gasteiger partial charge in [-0.05, 0) is 48.6 Å². The molecule has 0 radical (unpaired) electrons. The number of nitrogen functional groups attached to an aromatic ring is 1. The first-order valence-corrected chi connectivity index (χ1v) is 10.0. The molecule has 4 rings (SSSR count). The molecule has 1 aliphatic heterocycles. The van der Waals surface area contributed by atoms with Crippen LogP contribution < -0.4 is 11.3 Å². The van der Waals surface area contributed by atoms with Crippen molar-refractivity contribution in [3.63, 3.8) is 0 Å². The maximum Gasteiger partial charge on any atom is 0.251 e. The van der Waals surface area contributed by atoms with Crippen molar-refractivity contribution in [2.75, 3.05) is 17.2 Å². The molecular formula is C18H17Cl2N3OS. The van der Waals surface area contributed by atoms with E-state index in [0.717, 1.165) is 35.4 Å². The molecule has 0 unspecified atom stereocenters. The Balaban J connectivity index is 1.93. The van der Waals surface area contributed by atoms with E-state index >= 15 is 0 Å². The summed E-state index contributed by atoms with van der Waals surface area (Å²) in [6, 6.07) is 9.02. The number of hydrogen-bond acceptors (Lipinski definition) is 3. The van der Waals surface area contributed by atoms with E-state index in [-0.39, 0.29) is 11.6 Å². The highest BCUT2D eigenvalue weighted by Gasteiger charge is 2.20. The van der Waals surface area contributed by atoms with Crippen molar-refractivity contribution < 1.29 is 0 Å². The molecule has 130 valence electrons. The van der Waals surface area contributed by atoms with E-state index in [0.29, 0.717) is 21.4 Å². The van der Waals surface area contributed by atoms with E-state index in [1.807, 2.05) is 39.2 Å². The van der Waals surface area contributed by atoms with Crippen molar-refractivity contribution in [3.8, 4) is 5.69 Å². The van der Waals surface area contributed by atoms with Gasteiger partial charge in [-0.3, -0.25) is 4.79 Å². The highest BCUT2D eigenvalue weighted by atomic mass is 35.5. The lowest BCUT2D eigenvalue weighted by Crippen LogP contribution is -2.26. The van der Waals surface area contributed by atoms with Crippen molar-refractivity contribution in [2.24, 2.45) is 0 Å². The van der Waals surface area contributed by atoms with Crippen LogP contribution in [0.5, 0.6) is 0 Å². The summed E-state index contributed by atoms with van der Waals surface area (Å²) in [5.41, 5.74) is 8.87. The van der Waals surface area contributed by atoms with Gasteiger partial charge in [0.15, 0.2) is 0 Å². The average Bonchev–Trinajstić information content (AvgIpc) is 2.98. The van der Waals surface area contributed by atoms with E-state index < -0.39 is 0 Å². The van der Waals surface area contributed by atoms with Gasteiger partial charge in [0.1, 0.15) is 0 Å². The number of fused-ring (bicyclic) bond motifs is 1. The molecule has 4 nitrogen and oxygen atoms in total. The van der Waals surface area contributed by atoms with Gasteiger partial charge >= 0.3 is 0 Å². The Morgan fingerprint density at radius 2 is 1.72 bits per heavy atom. The summed E-state index contributed by atoms with van der Waals surface area (Å²) in [4.78, 5) is 12.5. The van der Waals surface area contributed by atoms with Gasteiger partial charge in [-0.15, -0.1) is 0 Å². The van der Waals surface area contributed by atoms with E-state index in [2.05, 4.69) is 0 Å². The number of aromatic nitrogens is 2. The molecule has 25 heavy (non-hydrogen) atoms. The highest BCUT2D eigenvalue weighted by molar-refractivity contribution is 7.99. The summed E-state index contributed by atoms with van der Waals surface area (Å²) in [5.74, 6) is 2.17. The predicted octanol–water partition coefficient (Wildman–Crippen LogP) is 4.75. The SMILES string of the molecule is Nc1cc(Cl)c(-n2ccc3c2ccc(=O)n3C2CCSCC2)c(Cl)c1. The molecule has 2 N–H and O–H groups in total. The third-order valence-electron chi connectivity index (χ3n) is 4.62. The van der Waals surface area contributed by atoms with Gasteiger partial charge in [-0.25, -0.2) is 0 Å². The normalized spacial score (nSPS) is 15.8. The molecule has 2 aromatic heterocycles. The monoisotopic (exact) mass is 393 g/mol. The van der Waals surface area contributed by atoms with E-state index in [1.165, 1.54) is 0 Å². The Morgan fingerprint density at radius 1 is 1.04 bits per heavy atom. The molecule has 0 amide bonds. The third-order valence-corrected chi connectivity index (χ3v) is 6.25.